The van der Waals surface area contributed by atoms with Gasteiger partial charge in [-0.1, -0.05) is 15.9 Å². The second kappa shape index (κ2) is 4.85. The van der Waals surface area contributed by atoms with Crippen molar-refractivity contribution in [3.05, 3.63) is 33.8 Å². The third-order valence-corrected chi connectivity index (χ3v) is 5.35. The summed E-state index contributed by atoms with van der Waals surface area (Å²) in [4.78, 5) is 15.0. The van der Waals surface area contributed by atoms with Crippen molar-refractivity contribution in [2.24, 2.45) is 11.8 Å². The molecule has 2 saturated heterocycles. The van der Waals surface area contributed by atoms with Crippen LogP contribution < -0.4 is 5.32 Å². The van der Waals surface area contributed by atoms with Crippen molar-refractivity contribution >= 4 is 21.8 Å². The number of likely N-dealkylation sites (tertiary alicyclic amines) is 1. The number of amides is 1. The molecule has 20 heavy (non-hydrogen) atoms. The Balaban J connectivity index is 1.91. The van der Waals surface area contributed by atoms with Gasteiger partial charge in [0.2, 0.25) is 0 Å². The van der Waals surface area contributed by atoms with Crippen LogP contribution in [-0.4, -0.2) is 36.0 Å². The fraction of sp³-hybridized carbons (Fsp3) is 0.562. The molecular weight excluding hydrogens is 316 g/mol. The second-order valence-electron chi connectivity index (χ2n) is 6.61. The van der Waals surface area contributed by atoms with E-state index in [1.807, 2.05) is 25.1 Å². The highest BCUT2D eigenvalue weighted by Crippen LogP contribution is 2.41. The quantitative estimate of drug-likeness (QED) is 0.855. The van der Waals surface area contributed by atoms with Crippen LogP contribution in [0.3, 0.4) is 0 Å². The summed E-state index contributed by atoms with van der Waals surface area (Å²) in [6, 6.07) is 5.94. The minimum Gasteiger partial charge on any atom is -0.333 e. The van der Waals surface area contributed by atoms with Gasteiger partial charge >= 0.3 is 0 Å². The summed E-state index contributed by atoms with van der Waals surface area (Å²) in [7, 11) is 0. The molecule has 0 aliphatic carbocycles. The average Bonchev–Trinajstić information content (AvgIpc) is 2.90. The molecule has 2 heterocycles. The lowest BCUT2D eigenvalue weighted by atomic mass is 9.84. The molecule has 0 radical (unpaired) electrons. The van der Waals surface area contributed by atoms with Crippen LogP contribution in [-0.2, 0) is 0 Å². The van der Waals surface area contributed by atoms with E-state index in [9.17, 15) is 4.79 Å². The molecule has 1 aromatic rings. The van der Waals surface area contributed by atoms with Crippen molar-refractivity contribution in [3.63, 3.8) is 0 Å². The zero-order valence-corrected chi connectivity index (χ0v) is 13.8. The Hall–Kier alpha value is -0.870. The standard InChI is InChI=1S/C16H21BrN2O/c1-10-4-11(6-13(17)5-10)15(20)19-9-12-7-18-8-14(12)16(19,2)3/h4-6,12,14,18H,7-9H2,1-3H3. The highest BCUT2D eigenvalue weighted by Gasteiger charge is 2.51. The molecule has 1 amide bonds. The van der Waals surface area contributed by atoms with Gasteiger partial charge in [0.05, 0.1) is 0 Å². The average molecular weight is 337 g/mol. The first-order valence-corrected chi connectivity index (χ1v) is 7.99. The van der Waals surface area contributed by atoms with Gasteiger partial charge in [0.25, 0.3) is 5.91 Å². The Morgan fingerprint density at radius 3 is 2.75 bits per heavy atom. The minimum absolute atomic E-state index is 0.0680. The first-order chi connectivity index (χ1) is 9.39. The van der Waals surface area contributed by atoms with E-state index in [2.05, 4.69) is 40.0 Å². The van der Waals surface area contributed by atoms with Crippen LogP contribution >= 0.6 is 15.9 Å². The maximum Gasteiger partial charge on any atom is 0.254 e. The molecule has 0 saturated carbocycles. The van der Waals surface area contributed by atoms with Gasteiger partial charge in [-0.15, -0.1) is 0 Å². The SMILES string of the molecule is Cc1cc(Br)cc(C(=O)N2CC3CNCC3C2(C)C)c1. The maximum absolute atomic E-state index is 12.9. The van der Waals surface area contributed by atoms with E-state index in [0.717, 1.165) is 35.2 Å². The molecule has 1 N–H and O–H groups in total. The minimum atomic E-state index is -0.0680. The normalized spacial score (nSPS) is 27.7. The number of halogens is 1. The summed E-state index contributed by atoms with van der Waals surface area (Å²) in [5, 5.41) is 3.45. The number of hydrogen-bond acceptors (Lipinski definition) is 2. The maximum atomic E-state index is 12.9. The number of nitrogens with zero attached hydrogens (tertiary/aromatic N) is 1. The van der Waals surface area contributed by atoms with E-state index in [1.54, 1.807) is 0 Å². The second-order valence-corrected chi connectivity index (χ2v) is 7.53. The summed E-state index contributed by atoms with van der Waals surface area (Å²) in [6.45, 7) is 9.36. The van der Waals surface area contributed by atoms with Gasteiger partial charge in [-0.25, -0.2) is 0 Å². The van der Waals surface area contributed by atoms with Crippen molar-refractivity contribution in [2.75, 3.05) is 19.6 Å². The summed E-state index contributed by atoms with van der Waals surface area (Å²) >= 11 is 3.49. The molecular formula is C16H21BrN2O. The van der Waals surface area contributed by atoms with Crippen LogP contribution in [0.1, 0.15) is 29.8 Å². The summed E-state index contributed by atoms with van der Waals surface area (Å²) in [5.74, 6) is 1.33. The van der Waals surface area contributed by atoms with E-state index in [4.69, 9.17) is 0 Å². The third-order valence-electron chi connectivity index (χ3n) is 4.89. The van der Waals surface area contributed by atoms with Crippen molar-refractivity contribution < 1.29 is 4.79 Å². The number of rotatable bonds is 1. The first-order valence-electron chi connectivity index (χ1n) is 7.19. The molecule has 3 nitrogen and oxygen atoms in total. The van der Waals surface area contributed by atoms with E-state index >= 15 is 0 Å². The molecule has 0 spiro atoms. The molecule has 2 atom stereocenters. The van der Waals surface area contributed by atoms with Crippen molar-refractivity contribution in [3.8, 4) is 0 Å². The topological polar surface area (TPSA) is 32.3 Å². The number of aryl methyl sites for hydroxylation is 1. The molecule has 4 heteroatoms. The number of carbonyl (C=O) groups is 1. The van der Waals surface area contributed by atoms with Crippen LogP contribution in [0.25, 0.3) is 0 Å². The molecule has 0 aromatic heterocycles. The molecule has 3 rings (SSSR count). The van der Waals surface area contributed by atoms with Gasteiger partial charge in [-0.2, -0.15) is 0 Å². The van der Waals surface area contributed by atoms with Gasteiger partial charge in [0.1, 0.15) is 0 Å². The Labute approximate surface area is 128 Å². The van der Waals surface area contributed by atoms with Crippen LogP contribution in [0.4, 0.5) is 0 Å². The molecule has 1 aromatic carbocycles. The number of carbonyl (C=O) groups excluding carboxylic acids is 1. The Morgan fingerprint density at radius 2 is 2.10 bits per heavy atom. The molecule has 2 aliphatic heterocycles. The van der Waals surface area contributed by atoms with E-state index in [0.29, 0.717) is 11.8 Å². The molecule has 108 valence electrons. The predicted molar refractivity (Wildman–Crippen MR) is 83.8 cm³/mol. The van der Waals surface area contributed by atoms with Crippen LogP contribution in [0.2, 0.25) is 0 Å². The third kappa shape index (κ3) is 2.19. The fourth-order valence-corrected chi connectivity index (χ4v) is 4.39. The van der Waals surface area contributed by atoms with E-state index in [1.165, 1.54) is 0 Å². The number of nitrogens with one attached hydrogen (secondary N) is 1. The lowest BCUT2D eigenvalue weighted by Gasteiger charge is -2.35. The first kappa shape index (κ1) is 14.1. The zero-order valence-electron chi connectivity index (χ0n) is 12.2. The fourth-order valence-electron chi connectivity index (χ4n) is 3.78. The summed E-state index contributed by atoms with van der Waals surface area (Å²) < 4.78 is 0.972. The van der Waals surface area contributed by atoms with Gasteiger partial charge in [-0.3, -0.25) is 4.79 Å². The monoisotopic (exact) mass is 336 g/mol. The molecule has 0 bridgehead atoms. The lowest BCUT2D eigenvalue weighted by Crippen LogP contribution is -2.47. The van der Waals surface area contributed by atoms with E-state index in [-0.39, 0.29) is 11.4 Å². The van der Waals surface area contributed by atoms with Crippen molar-refractivity contribution in [1.82, 2.24) is 10.2 Å². The summed E-state index contributed by atoms with van der Waals surface area (Å²) in [6.07, 6.45) is 0. The Bertz CT molecular complexity index is 535. The van der Waals surface area contributed by atoms with Crippen LogP contribution in [0.15, 0.2) is 22.7 Å². The highest BCUT2D eigenvalue weighted by molar-refractivity contribution is 9.10. The van der Waals surface area contributed by atoms with Crippen LogP contribution in [0.5, 0.6) is 0 Å². The highest BCUT2D eigenvalue weighted by atomic mass is 79.9. The number of hydrogen-bond donors (Lipinski definition) is 1. The van der Waals surface area contributed by atoms with Gasteiger partial charge < -0.3 is 10.2 Å². The molecule has 2 aliphatic rings. The predicted octanol–water partition coefficient (Wildman–Crippen LogP) is 2.83. The Kier molecular flexibility index (Phi) is 3.41. The van der Waals surface area contributed by atoms with Crippen LogP contribution in [0, 0.1) is 18.8 Å². The molecule has 2 fully saturated rings. The zero-order chi connectivity index (χ0) is 14.5. The van der Waals surface area contributed by atoms with Gasteiger partial charge in [-0.05, 0) is 56.4 Å². The van der Waals surface area contributed by atoms with Crippen molar-refractivity contribution in [1.29, 1.82) is 0 Å². The van der Waals surface area contributed by atoms with Gasteiger partial charge in [0.15, 0.2) is 0 Å². The van der Waals surface area contributed by atoms with E-state index < -0.39 is 0 Å². The largest absolute Gasteiger partial charge is 0.333 e. The number of fused-ring (bicyclic) bond motifs is 1. The molecule has 2 unspecified atom stereocenters. The number of benzene rings is 1. The van der Waals surface area contributed by atoms with Crippen molar-refractivity contribution in [2.45, 2.75) is 26.3 Å². The van der Waals surface area contributed by atoms with Gasteiger partial charge in [0, 0.05) is 35.2 Å². The summed E-state index contributed by atoms with van der Waals surface area (Å²) in [5.41, 5.74) is 1.83. The smallest absolute Gasteiger partial charge is 0.254 e. The lowest BCUT2D eigenvalue weighted by molar-refractivity contribution is 0.0603. The Morgan fingerprint density at radius 1 is 1.35 bits per heavy atom.